The fourth-order valence-corrected chi connectivity index (χ4v) is 2.32. The molecule has 2 rings (SSSR count). The maximum absolute atomic E-state index is 12.6. The van der Waals surface area contributed by atoms with Gasteiger partial charge in [0.25, 0.3) is 0 Å². The van der Waals surface area contributed by atoms with Crippen LogP contribution in [0.2, 0.25) is 0 Å². The van der Waals surface area contributed by atoms with Crippen LogP contribution >= 0.6 is 0 Å². The van der Waals surface area contributed by atoms with Crippen molar-refractivity contribution in [3.63, 3.8) is 0 Å². The van der Waals surface area contributed by atoms with E-state index in [-0.39, 0.29) is 11.8 Å². The van der Waals surface area contributed by atoms with Crippen molar-refractivity contribution >= 4 is 23.2 Å². The van der Waals surface area contributed by atoms with Crippen LogP contribution in [0.1, 0.15) is 36.1 Å². The van der Waals surface area contributed by atoms with E-state index in [2.05, 4.69) is 10.6 Å². The highest BCUT2D eigenvalue weighted by Gasteiger charge is 2.36. The normalized spacial score (nSPS) is 11.1. The number of carbonyl (C=O) groups is 2. The van der Waals surface area contributed by atoms with E-state index in [1.54, 1.807) is 13.8 Å². The zero-order chi connectivity index (χ0) is 18.8. The Morgan fingerprint density at radius 3 is 1.36 bits per heavy atom. The van der Waals surface area contributed by atoms with Crippen LogP contribution in [-0.4, -0.2) is 11.8 Å². The number of amides is 2. The standard InChI is InChI=1S/C21H26N2O2/c1-13-7-9-17(11-15(13)3)22-19(24)21(5,6)20(25)23-18-10-8-14(2)16(4)12-18/h7-12H,1-6H3,(H,22,24)(H,23,25). The first-order valence-electron chi connectivity index (χ1n) is 8.38. The second-order valence-corrected chi connectivity index (χ2v) is 7.13. The summed E-state index contributed by atoms with van der Waals surface area (Å²) in [5.74, 6) is -0.672. The molecule has 0 aliphatic heterocycles. The van der Waals surface area contributed by atoms with Crippen LogP contribution < -0.4 is 10.6 Å². The molecule has 132 valence electrons. The van der Waals surface area contributed by atoms with Crippen LogP contribution in [0.5, 0.6) is 0 Å². The second kappa shape index (κ2) is 7.09. The minimum absolute atomic E-state index is 0.336. The van der Waals surface area contributed by atoms with E-state index in [1.807, 2.05) is 64.1 Å². The zero-order valence-electron chi connectivity index (χ0n) is 15.8. The lowest BCUT2D eigenvalue weighted by Crippen LogP contribution is -2.41. The molecule has 4 nitrogen and oxygen atoms in total. The maximum Gasteiger partial charge on any atom is 0.239 e. The Hall–Kier alpha value is -2.62. The number of hydrogen-bond acceptors (Lipinski definition) is 2. The van der Waals surface area contributed by atoms with Gasteiger partial charge in [-0.05, 0) is 88.1 Å². The third-order valence-electron chi connectivity index (χ3n) is 4.66. The zero-order valence-corrected chi connectivity index (χ0v) is 15.8. The number of hydrogen-bond donors (Lipinski definition) is 2. The molecule has 0 heterocycles. The van der Waals surface area contributed by atoms with E-state index in [1.165, 1.54) is 0 Å². The summed E-state index contributed by atoms with van der Waals surface area (Å²) in [5, 5.41) is 5.68. The van der Waals surface area contributed by atoms with Gasteiger partial charge in [-0.1, -0.05) is 12.1 Å². The van der Waals surface area contributed by atoms with Crippen LogP contribution in [-0.2, 0) is 9.59 Å². The number of carbonyl (C=O) groups excluding carboxylic acids is 2. The van der Waals surface area contributed by atoms with Crippen molar-refractivity contribution in [3.05, 3.63) is 58.7 Å². The van der Waals surface area contributed by atoms with E-state index in [0.29, 0.717) is 11.4 Å². The van der Waals surface area contributed by atoms with Crippen molar-refractivity contribution in [2.75, 3.05) is 10.6 Å². The molecule has 0 aromatic heterocycles. The van der Waals surface area contributed by atoms with E-state index < -0.39 is 5.41 Å². The molecule has 0 radical (unpaired) electrons. The van der Waals surface area contributed by atoms with Gasteiger partial charge in [-0.15, -0.1) is 0 Å². The van der Waals surface area contributed by atoms with Gasteiger partial charge < -0.3 is 10.6 Å². The molecular weight excluding hydrogens is 312 g/mol. The van der Waals surface area contributed by atoms with Crippen LogP contribution in [0, 0.1) is 33.1 Å². The van der Waals surface area contributed by atoms with Gasteiger partial charge in [0.2, 0.25) is 11.8 Å². The van der Waals surface area contributed by atoms with Crippen molar-refractivity contribution in [3.8, 4) is 0 Å². The van der Waals surface area contributed by atoms with Gasteiger partial charge >= 0.3 is 0 Å². The largest absolute Gasteiger partial charge is 0.325 e. The van der Waals surface area contributed by atoms with Crippen LogP contribution in [0.15, 0.2) is 36.4 Å². The average Bonchev–Trinajstić information content (AvgIpc) is 2.54. The minimum atomic E-state index is -1.20. The third kappa shape index (κ3) is 4.27. The van der Waals surface area contributed by atoms with Crippen molar-refractivity contribution < 1.29 is 9.59 Å². The van der Waals surface area contributed by atoms with Gasteiger partial charge in [0.1, 0.15) is 5.41 Å². The summed E-state index contributed by atoms with van der Waals surface area (Å²) in [6.45, 7) is 11.3. The second-order valence-electron chi connectivity index (χ2n) is 7.13. The SMILES string of the molecule is Cc1ccc(NC(=O)C(C)(C)C(=O)Nc2ccc(C)c(C)c2)cc1C. The molecule has 25 heavy (non-hydrogen) atoms. The Bertz CT molecular complexity index is 755. The first-order valence-corrected chi connectivity index (χ1v) is 8.38. The summed E-state index contributed by atoms with van der Waals surface area (Å²) in [4.78, 5) is 25.2. The molecule has 2 aromatic rings. The Morgan fingerprint density at radius 1 is 0.680 bits per heavy atom. The molecule has 0 unspecified atom stereocenters. The van der Waals surface area contributed by atoms with E-state index in [0.717, 1.165) is 22.3 Å². The van der Waals surface area contributed by atoms with Crippen molar-refractivity contribution in [1.29, 1.82) is 0 Å². The van der Waals surface area contributed by atoms with Gasteiger partial charge in [0, 0.05) is 11.4 Å². The Labute approximate surface area is 149 Å². The topological polar surface area (TPSA) is 58.2 Å². The molecule has 0 bridgehead atoms. The van der Waals surface area contributed by atoms with Gasteiger partial charge in [-0.25, -0.2) is 0 Å². The van der Waals surface area contributed by atoms with Gasteiger partial charge in [-0.2, -0.15) is 0 Å². The first-order chi connectivity index (χ1) is 11.6. The molecule has 0 fully saturated rings. The lowest BCUT2D eigenvalue weighted by molar-refractivity contribution is -0.135. The lowest BCUT2D eigenvalue weighted by atomic mass is 9.90. The van der Waals surface area contributed by atoms with E-state index >= 15 is 0 Å². The highest BCUT2D eigenvalue weighted by Crippen LogP contribution is 2.23. The molecule has 0 spiro atoms. The molecule has 0 saturated heterocycles. The number of nitrogens with one attached hydrogen (secondary N) is 2. The highest BCUT2D eigenvalue weighted by molar-refractivity contribution is 6.14. The van der Waals surface area contributed by atoms with Crippen LogP contribution in [0.4, 0.5) is 11.4 Å². The minimum Gasteiger partial charge on any atom is -0.325 e. The molecule has 2 amide bonds. The Kier molecular flexibility index (Phi) is 5.31. The Morgan fingerprint density at radius 2 is 1.04 bits per heavy atom. The van der Waals surface area contributed by atoms with Crippen molar-refractivity contribution in [2.24, 2.45) is 5.41 Å². The van der Waals surface area contributed by atoms with Crippen molar-refractivity contribution in [2.45, 2.75) is 41.5 Å². The molecule has 0 aliphatic rings. The van der Waals surface area contributed by atoms with E-state index in [9.17, 15) is 9.59 Å². The monoisotopic (exact) mass is 338 g/mol. The van der Waals surface area contributed by atoms with Crippen molar-refractivity contribution in [1.82, 2.24) is 0 Å². The number of benzene rings is 2. The molecule has 0 aliphatic carbocycles. The summed E-state index contributed by atoms with van der Waals surface area (Å²) in [7, 11) is 0. The number of aryl methyl sites for hydroxylation is 4. The smallest absolute Gasteiger partial charge is 0.239 e. The average molecular weight is 338 g/mol. The fraction of sp³-hybridized carbons (Fsp3) is 0.333. The van der Waals surface area contributed by atoms with Gasteiger partial charge in [-0.3, -0.25) is 9.59 Å². The maximum atomic E-state index is 12.6. The quantitative estimate of drug-likeness (QED) is 0.805. The predicted molar refractivity (Wildman–Crippen MR) is 103 cm³/mol. The summed E-state index contributed by atoms with van der Waals surface area (Å²) in [5.41, 5.74) is 4.69. The number of rotatable bonds is 4. The summed E-state index contributed by atoms with van der Waals surface area (Å²) in [6.07, 6.45) is 0. The van der Waals surface area contributed by atoms with Gasteiger partial charge in [0.15, 0.2) is 0 Å². The van der Waals surface area contributed by atoms with Gasteiger partial charge in [0.05, 0.1) is 0 Å². The van der Waals surface area contributed by atoms with Crippen LogP contribution in [0.25, 0.3) is 0 Å². The first kappa shape index (κ1) is 18.7. The lowest BCUT2D eigenvalue weighted by Gasteiger charge is -2.23. The molecule has 0 saturated carbocycles. The fourth-order valence-electron chi connectivity index (χ4n) is 2.32. The predicted octanol–water partition coefficient (Wildman–Crippen LogP) is 4.52. The highest BCUT2D eigenvalue weighted by atomic mass is 16.2. The summed E-state index contributed by atoms with van der Waals surface area (Å²) >= 11 is 0. The molecule has 0 atom stereocenters. The molecular formula is C21H26N2O2. The summed E-state index contributed by atoms with van der Waals surface area (Å²) in [6, 6.07) is 11.4. The van der Waals surface area contributed by atoms with Crippen LogP contribution in [0.3, 0.4) is 0 Å². The van der Waals surface area contributed by atoms with E-state index in [4.69, 9.17) is 0 Å². The molecule has 4 heteroatoms. The Balaban J connectivity index is 2.12. The molecule has 2 N–H and O–H groups in total. The summed E-state index contributed by atoms with van der Waals surface area (Å²) < 4.78 is 0. The molecule has 2 aromatic carbocycles. The number of anilines is 2. The third-order valence-corrected chi connectivity index (χ3v) is 4.66.